The van der Waals surface area contributed by atoms with Crippen molar-refractivity contribution in [1.82, 2.24) is 4.90 Å². The minimum atomic E-state index is 0. The van der Waals surface area contributed by atoms with Gasteiger partial charge in [0.05, 0.1) is 13.2 Å². The van der Waals surface area contributed by atoms with Crippen LogP contribution in [0.1, 0.15) is 30.9 Å². The third-order valence-electron chi connectivity index (χ3n) is 3.81. The second-order valence-corrected chi connectivity index (χ2v) is 5.57. The third-order valence-corrected chi connectivity index (χ3v) is 3.81. The van der Waals surface area contributed by atoms with Gasteiger partial charge in [0.15, 0.2) is 5.96 Å². The fourth-order valence-electron chi connectivity index (χ4n) is 2.67. The molecule has 1 saturated heterocycles. The number of hydrogen-bond donors (Lipinski definition) is 1. The Morgan fingerprint density at radius 3 is 2.76 bits per heavy atom. The fraction of sp³-hybridized carbons (Fsp3) is 0.562. The first kappa shape index (κ1) is 18.2. The Kier molecular flexibility index (Phi) is 8.03. The number of hydrogen-bond acceptors (Lipinski definition) is 2. The molecule has 1 aromatic carbocycles. The molecule has 118 valence electrons. The summed E-state index contributed by atoms with van der Waals surface area (Å²) < 4.78 is 5.22. The SMILES string of the molecule is COCc1ccccc1CN=C(N)N1CCCC(C)C1.I. The summed E-state index contributed by atoms with van der Waals surface area (Å²) in [6.07, 6.45) is 2.50. The molecule has 1 aliphatic rings. The Hall–Kier alpha value is -0.820. The molecule has 0 aromatic heterocycles. The summed E-state index contributed by atoms with van der Waals surface area (Å²) >= 11 is 0. The van der Waals surface area contributed by atoms with Gasteiger partial charge in [0, 0.05) is 20.2 Å². The van der Waals surface area contributed by atoms with Crippen molar-refractivity contribution in [3.8, 4) is 0 Å². The van der Waals surface area contributed by atoms with Crippen LogP contribution in [-0.2, 0) is 17.9 Å². The maximum absolute atomic E-state index is 6.13. The van der Waals surface area contributed by atoms with Gasteiger partial charge in [0.1, 0.15) is 0 Å². The van der Waals surface area contributed by atoms with Gasteiger partial charge in [0.25, 0.3) is 0 Å². The van der Waals surface area contributed by atoms with Crippen LogP contribution in [0.15, 0.2) is 29.3 Å². The van der Waals surface area contributed by atoms with E-state index < -0.39 is 0 Å². The van der Waals surface area contributed by atoms with Crippen LogP contribution in [0.3, 0.4) is 0 Å². The molecule has 0 spiro atoms. The Morgan fingerprint density at radius 2 is 2.10 bits per heavy atom. The lowest BCUT2D eigenvalue weighted by Crippen LogP contribution is -2.43. The Labute approximate surface area is 144 Å². The molecule has 1 aromatic rings. The topological polar surface area (TPSA) is 50.9 Å². The van der Waals surface area contributed by atoms with Crippen molar-refractivity contribution in [2.24, 2.45) is 16.6 Å². The lowest BCUT2D eigenvalue weighted by Gasteiger charge is -2.31. The van der Waals surface area contributed by atoms with E-state index in [0.29, 0.717) is 25.0 Å². The van der Waals surface area contributed by atoms with Gasteiger partial charge < -0.3 is 15.4 Å². The van der Waals surface area contributed by atoms with Crippen molar-refractivity contribution in [2.45, 2.75) is 32.9 Å². The zero-order valence-electron chi connectivity index (χ0n) is 12.9. The first-order valence-corrected chi connectivity index (χ1v) is 7.31. The third kappa shape index (κ3) is 5.47. The molecule has 0 aliphatic carbocycles. The Morgan fingerprint density at radius 1 is 1.38 bits per heavy atom. The molecular weight excluding hydrogens is 377 g/mol. The van der Waals surface area contributed by atoms with E-state index in [1.807, 2.05) is 12.1 Å². The van der Waals surface area contributed by atoms with Crippen LogP contribution in [0.25, 0.3) is 0 Å². The largest absolute Gasteiger partial charge is 0.380 e. The number of guanidine groups is 1. The molecule has 1 atom stereocenters. The molecule has 1 heterocycles. The van der Waals surface area contributed by atoms with E-state index in [2.05, 4.69) is 28.9 Å². The Bertz CT molecular complexity index is 465. The number of benzene rings is 1. The number of nitrogens with two attached hydrogens (primary N) is 1. The molecule has 5 heteroatoms. The number of methoxy groups -OCH3 is 1. The van der Waals surface area contributed by atoms with Gasteiger partial charge in [-0.15, -0.1) is 24.0 Å². The van der Waals surface area contributed by atoms with Crippen molar-refractivity contribution in [3.05, 3.63) is 35.4 Å². The van der Waals surface area contributed by atoms with Gasteiger partial charge in [-0.2, -0.15) is 0 Å². The molecule has 1 aliphatic heterocycles. The fourth-order valence-corrected chi connectivity index (χ4v) is 2.67. The van der Waals surface area contributed by atoms with Crippen LogP contribution >= 0.6 is 24.0 Å². The summed E-state index contributed by atoms with van der Waals surface area (Å²) in [7, 11) is 1.71. The molecule has 0 saturated carbocycles. The average molecular weight is 403 g/mol. The number of rotatable bonds is 4. The summed E-state index contributed by atoms with van der Waals surface area (Å²) in [4.78, 5) is 6.76. The maximum Gasteiger partial charge on any atom is 0.191 e. The molecule has 1 unspecified atom stereocenters. The van der Waals surface area contributed by atoms with E-state index in [9.17, 15) is 0 Å². The highest BCUT2D eigenvalue weighted by Crippen LogP contribution is 2.16. The first-order chi connectivity index (χ1) is 9.70. The van der Waals surface area contributed by atoms with E-state index in [0.717, 1.165) is 13.1 Å². The zero-order valence-corrected chi connectivity index (χ0v) is 15.2. The van der Waals surface area contributed by atoms with Crippen molar-refractivity contribution in [1.29, 1.82) is 0 Å². The summed E-state index contributed by atoms with van der Waals surface area (Å²) in [5.74, 6) is 1.38. The summed E-state index contributed by atoms with van der Waals surface area (Å²) in [6, 6.07) is 8.22. The lowest BCUT2D eigenvalue weighted by molar-refractivity contribution is 0.184. The minimum Gasteiger partial charge on any atom is -0.380 e. The number of likely N-dealkylation sites (tertiary alicyclic amines) is 1. The second-order valence-electron chi connectivity index (χ2n) is 5.57. The molecular formula is C16H26IN3O. The summed E-state index contributed by atoms with van der Waals surface area (Å²) in [5, 5.41) is 0. The van der Waals surface area contributed by atoms with Gasteiger partial charge in [-0.05, 0) is 29.9 Å². The van der Waals surface area contributed by atoms with Crippen molar-refractivity contribution in [3.63, 3.8) is 0 Å². The predicted octanol–water partition coefficient (Wildman–Crippen LogP) is 3.00. The predicted molar refractivity (Wildman–Crippen MR) is 97.9 cm³/mol. The summed E-state index contributed by atoms with van der Waals surface area (Å²) in [6.45, 7) is 5.56. The van der Waals surface area contributed by atoms with E-state index >= 15 is 0 Å². The van der Waals surface area contributed by atoms with Crippen LogP contribution < -0.4 is 5.73 Å². The van der Waals surface area contributed by atoms with E-state index in [4.69, 9.17) is 10.5 Å². The molecule has 2 N–H and O–H groups in total. The van der Waals surface area contributed by atoms with E-state index in [-0.39, 0.29) is 24.0 Å². The molecule has 0 radical (unpaired) electrons. The quantitative estimate of drug-likeness (QED) is 0.478. The van der Waals surface area contributed by atoms with Crippen LogP contribution in [0.5, 0.6) is 0 Å². The molecule has 2 rings (SSSR count). The van der Waals surface area contributed by atoms with Gasteiger partial charge in [0.2, 0.25) is 0 Å². The molecule has 1 fully saturated rings. The molecule has 0 amide bonds. The number of halogens is 1. The molecule has 0 bridgehead atoms. The van der Waals surface area contributed by atoms with Crippen LogP contribution in [0.2, 0.25) is 0 Å². The average Bonchev–Trinajstić information content (AvgIpc) is 2.46. The monoisotopic (exact) mass is 403 g/mol. The summed E-state index contributed by atoms with van der Waals surface area (Å²) in [5.41, 5.74) is 8.49. The maximum atomic E-state index is 6.13. The van der Waals surface area contributed by atoms with Gasteiger partial charge in [-0.25, -0.2) is 4.99 Å². The van der Waals surface area contributed by atoms with E-state index in [1.54, 1.807) is 7.11 Å². The standard InChI is InChI=1S/C16H25N3O.HI/c1-13-6-5-9-19(11-13)16(17)18-10-14-7-3-4-8-15(14)12-20-2;/h3-4,7-8,13H,5-6,9-12H2,1-2H3,(H2,17,18);1H. The number of ether oxygens (including phenoxy) is 1. The Balaban J connectivity index is 0.00000220. The second kappa shape index (κ2) is 9.25. The lowest BCUT2D eigenvalue weighted by atomic mass is 10.0. The minimum absolute atomic E-state index is 0. The van der Waals surface area contributed by atoms with Gasteiger partial charge in [-0.1, -0.05) is 31.2 Å². The zero-order chi connectivity index (χ0) is 14.4. The van der Waals surface area contributed by atoms with Crippen LogP contribution in [-0.4, -0.2) is 31.1 Å². The number of nitrogens with zero attached hydrogens (tertiary/aromatic N) is 2. The van der Waals surface area contributed by atoms with Gasteiger partial charge in [-0.3, -0.25) is 0 Å². The number of piperidine rings is 1. The van der Waals surface area contributed by atoms with Crippen molar-refractivity contribution < 1.29 is 4.74 Å². The van der Waals surface area contributed by atoms with Crippen LogP contribution in [0.4, 0.5) is 0 Å². The van der Waals surface area contributed by atoms with Crippen LogP contribution in [0, 0.1) is 5.92 Å². The van der Waals surface area contributed by atoms with Gasteiger partial charge >= 0.3 is 0 Å². The molecule has 4 nitrogen and oxygen atoms in total. The van der Waals surface area contributed by atoms with Crippen molar-refractivity contribution in [2.75, 3.05) is 20.2 Å². The smallest absolute Gasteiger partial charge is 0.191 e. The first-order valence-electron chi connectivity index (χ1n) is 7.31. The normalized spacial score (nSPS) is 19.2. The van der Waals surface area contributed by atoms with Crippen molar-refractivity contribution >= 4 is 29.9 Å². The highest BCUT2D eigenvalue weighted by Gasteiger charge is 2.17. The number of aliphatic imine (C=N–C) groups is 1. The highest BCUT2D eigenvalue weighted by molar-refractivity contribution is 14.0. The van der Waals surface area contributed by atoms with E-state index in [1.165, 1.54) is 24.0 Å². The molecule has 21 heavy (non-hydrogen) atoms. The highest BCUT2D eigenvalue weighted by atomic mass is 127.